The molecule has 0 saturated heterocycles. The van der Waals surface area contributed by atoms with Crippen LogP contribution in [0.2, 0.25) is 0 Å². The van der Waals surface area contributed by atoms with E-state index in [2.05, 4.69) is 42.2 Å². The first-order valence-electron chi connectivity index (χ1n) is 6.16. The summed E-state index contributed by atoms with van der Waals surface area (Å²) in [6.45, 7) is 9.31. The Kier molecular flexibility index (Phi) is 3.48. The van der Waals surface area contributed by atoms with Gasteiger partial charge in [-0.1, -0.05) is 6.07 Å². The van der Waals surface area contributed by atoms with E-state index in [4.69, 9.17) is 0 Å². The number of hydrogen-bond acceptors (Lipinski definition) is 3. The summed E-state index contributed by atoms with van der Waals surface area (Å²) >= 11 is 0. The number of aromatic nitrogens is 3. The minimum absolute atomic E-state index is 0.123. The smallest absolute Gasteiger partial charge is 0.153 e. The lowest BCUT2D eigenvalue weighted by atomic mass is 10.1. The summed E-state index contributed by atoms with van der Waals surface area (Å²) < 4.78 is 1.79. The molecule has 18 heavy (non-hydrogen) atoms. The summed E-state index contributed by atoms with van der Waals surface area (Å²) in [6.07, 6.45) is 5.69. The zero-order valence-electron chi connectivity index (χ0n) is 11.4. The standard InChI is InChI=1S/C14H20N4/c1-11-7-17-18(10-11)13-6-5-12(8-15-13)9-16-14(2,3)4/h5-8,10,16H,9H2,1-4H3. The molecular formula is C14H20N4. The van der Waals surface area contributed by atoms with Crippen molar-refractivity contribution in [2.24, 2.45) is 0 Å². The molecule has 0 aliphatic heterocycles. The molecule has 0 spiro atoms. The second kappa shape index (κ2) is 4.90. The monoisotopic (exact) mass is 244 g/mol. The number of rotatable bonds is 3. The lowest BCUT2D eigenvalue weighted by molar-refractivity contribution is 0.424. The van der Waals surface area contributed by atoms with Crippen LogP contribution in [0.15, 0.2) is 30.7 Å². The van der Waals surface area contributed by atoms with Gasteiger partial charge in [0.05, 0.1) is 6.20 Å². The minimum atomic E-state index is 0.123. The van der Waals surface area contributed by atoms with Crippen LogP contribution in [-0.2, 0) is 6.54 Å². The third kappa shape index (κ3) is 3.40. The Hall–Kier alpha value is -1.68. The molecule has 2 aromatic heterocycles. The van der Waals surface area contributed by atoms with E-state index in [-0.39, 0.29) is 5.54 Å². The van der Waals surface area contributed by atoms with Crippen LogP contribution < -0.4 is 5.32 Å². The summed E-state index contributed by atoms with van der Waals surface area (Å²) in [4.78, 5) is 4.42. The molecule has 4 heteroatoms. The van der Waals surface area contributed by atoms with Crippen molar-refractivity contribution >= 4 is 0 Å². The summed E-state index contributed by atoms with van der Waals surface area (Å²) in [6, 6.07) is 4.07. The fourth-order valence-electron chi connectivity index (χ4n) is 1.56. The minimum Gasteiger partial charge on any atom is -0.308 e. The lowest BCUT2D eigenvalue weighted by Crippen LogP contribution is -2.35. The predicted molar refractivity (Wildman–Crippen MR) is 72.7 cm³/mol. The van der Waals surface area contributed by atoms with Gasteiger partial charge < -0.3 is 5.32 Å². The molecule has 0 bridgehead atoms. The van der Waals surface area contributed by atoms with Gasteiger partial charge in [-0.25, -0.2) is 9.67 Å². The first kappa shape index (κ1) is 12.8. The van der Waals surface area contributed by atoms with Gasteiger partial charge in [0.25, 0.3) is 0 Å². The zero-order valence-corrected chi connectivity index (χ0v) is 11.4. The molecule has 2 rings (SSSR count). The average Bonchev–Trinajstić information content (AvgIpc) is 2.73. The van der Waals surface area contributed by atoms with Crippen molar-refractivity contribution < 1.29 is 0 Å². The Balaban J connectivity index is 2.06. The number of nitrogens with zero attached hydrogens (tertiary/aromatic N) is 3. The molecule has 0 saturated carbocycles. The molecule has 0 radical (unpaired) electrons. The molecule has 0 atom stereocenters. The van der Waals surface area contributed by atoms with E-state index in [1.807, 2.05) is 31.6 Å². The number of hydrogen-bond donors (Lipinski definition) is 1. The van der Waals surface area contributed by atoms with Gasteiger partial charge in [0.1, 0.15) is 0 Å². The quantitative estimate of drug-likeness (QED) is 0.902. The van der Waals surface area contributed by atoms with E-state index < -0.39 is 0 Å². The summed E-state index contributed by atoms with van der Waals surface area (Å²) in [5, 5.41) is 7.68. The van der Waals surface area contributed by atoms with Crippen LogP contribution in [0.3, 0.4) is 0 Å². The number of nitrogens with one attached hydrogen (secondary N) is 1. The van der Waals surface area contributed by atoms with Crippen molar-refractivity contribution in [3.63, 3.8) is 0 Å². The Morgan fingerprint density at radius 1 is 1.22 bits per heavy atom. The molecule has 0 aliphatic carbocycles. The molecule has 0 aromatic carbocycles. The summed E-state index contributed by atoms with van der Waals surface area (Å²) in [5.41, 5.74) is 2.44. The number of pyridine rings is 1. The molecule has 0 fully saturated rings. The second-order valence-electron chi connectivity index (χ2n) is 5.59. The average molecular weight is 244 g/mol. The van der Waals surface area contributed by atoms with Crippen LogP contribution in [-0.4, -0.2) is 20.3 Å². The fourth-order valence-corrected chi connectivity index (χ4v) is 1.56. The highest BCUT2D eigenvalue weighted by Gasteiger charge is 2.08. The van der Waals surface area contributed by atoms with Crippen LogP contribution in [0.5, 0.6) is 0 Å². The Morgan fingerprint density at radius 2 is 2.00 bits per heavy atom. The molecule has 96 valence electrons. The SMILES string of the molecule is Cc1cnn(-c2ccc(CNC(C)(C)C)cn2)c1. The molecule has 0 amide bonds. The van der Waals surface area contributed by atoms with Crippen molar-refractivity contribution in [3.05, 3.63) is 41.9 Å². The molecular weight excluding hydrogens is 224 g/mol. The summed E-state index contributed by atoms with van der Waals surface area (Å²) in [5.74, 6) is 0.850. The highest BCUT2D eigenvalue weighted by molar-refractivity contribution is 5.25. The van der Waals surface area contributed by atoms with Gasteiger partial charge in [-0.3, -0.25) is 0 Å². The van der Waals surface area contributed by atoms with E-state index >= 15 is 0 Å². The highest BCUT2D eigenvalue weighted by atomic mass is 15.3. The van der Waals surface area contributed by atoms with Crippen molar-refractivity contribution in [2.75, 3.05) is 0 Å². The Morgan fingerprint density at radius 3 is 2.50 bits per heavy atom. The lowest BCUT2D eigenvalue weighted by Gasteiger charge is -2.20. The van der Waals surface area contributed by atoms with Gasteiger partial charge in [0, 0.05) is 24.5 Å². The number of aryl methyl sites for hydroxylation is 1. The molecule has 0 aliphatic rings. The first-order valence-corrected chi connectivity index (χ1v) is 6.16. The topological polar surface area (TPSA) is 42.7 Å². The normalized spacial score (nSPS) is 11.8. The highest BCUT2D eigenvalue weighted by Crippen LogP contribution is 2.08. The molecule has 1 N–H and O–H groups in total. The van der Waals surface area contributed by atoms with Crippen LogP contribution in [0.1, 0.15) is 31.9 Å². The third-order valence-corrected chi connectivity index (χ3v) is 2.58. The maximum Gasteiger partial charge on any atom is 0.153 e. The van der Waals surface area contributed by atoms with Gasteiger partial charge in [-0.15, -0.1) is 0 Å². The van der Waals surface area contributed by atoms with Crippen molar-refractivity contribution in [3.8, 4) is 5.82 Å². The van der Waals surface area contributed by atoms with Gasteiger partial charge in [-0.2, -0.15) is 5.10 Å². The second-order valence-corrected chi connectivity index (χ2v) is 5.59. The Bertz CT molecular complexity index is 505. The van der Waals surface area contributed by atoms with Crippen LogP contribution in [0, 0.1) is 6.92 Å². The Labute approximate surface area is 108 Å². The maximum absolute atomic E-state index is 4.42. The fraction of sp³-hybridized carbons (Fsp3) is 0.429. The molecule has 2 heterocycles. The van der Waals surface area contributed by atoms with E-state index in [1.54, 1.807) is 4.68 Å². The van der Waals surface area contributed by atoms with Crippen molar-refractivity contribution in [1.29, 1.82) is 0 Å². The molecule has 0 unspecified atom stereocenters. The van der Waals surface area contributed by atoms with E-state index in [1.165, 1.54) is 5.56 Å². The summed E-state index contributed by atoms with van der Waals surface area (Å²) in [7, 11) is 0. The van der Waals surface area contributed by atoms with Crippen LogP contribution >= 0.6 is 0 Å². The van der Waals surface area contributed by atoms with Crippen molar-refractivity contribution in [2.45, 2.75) is 39.8 Å². The maximum atomic E-state index is 4.42. The van der Waals surface area contributed by atoms with Gasteiger partial charge >= 0.3 is 0 Å². The molecule has 2 aromatic rings. The van der Waals surface area contributed by atoms with E-state index in [0.717, 1.165) is 17.9 Å². The molecule has 4 nitrogen and oxygen atoms in total. The third-order valence-electron chi connectivity index (χ3n) is 2.58. The predicted octanol–water partition coefficient (Wildman–Crippen LogP) is 2.46. The van der Waals surface area contributed by atoms with Crippen molar-refractivity contribution in [1.82, 2.24) is 20.1 Å². The van der Waals surface area contributed by atoms with Crippen LogP contribution in [0.25, 0.3) is 5.82 Å². The van der Waals surface area contributed by atoms with Gasteiger partial charge in [0.2, 0.25) is 0 Å². The van der Waals surface area contributed by atoms with E-state index in [0.29, 0.717) is 0 Å². The van der Waals surface area contributed by atoms with Gasteiger partial charge in [0.15, 0.2) is 5.82 Å². The van der Waals surface area contributed by atoms with Crippen LogP contribution in [0.4, 0.5) is 0 Å². The van der Waals surface area contributed by atoms with E-state index in [9.17, 15) is 0 Å². The first-order chi connectivity index (χ1) is 8.44. The zero-order chi connectivity index (χ0) is 13.2. The van der Waals surface area contributed by atoms with Gasteiger partial charge in [-0.05, 0) is 44.9 Å². The largest absolute Gasteiger partial charge is 0.308 e.